The summed E-state index contributed by atoms with van der Waals surface area (Å²) >= 11 is 3.53. The summed E-state index contributed by atoms with van der Waals surface area (Å²) in [5.41, 5.74) is 2.90. The highest BCUT2D eigenvalue weighted by Gasteiger charge is 2.28. The van der Waals surface area contributed by atoms with Crippen LogP contribution in [0.1, 0.15) is 64.2 Å². The maximum absolute atomic E-state index is 13.2. The van der Waals surface area contributed by atoms with Gasteiger partial charge < -0.3 is 15.0 Å². The summed E-state index contributed by atoms with van der Waals surface area (Å²) in [6.45, 7) is 14.0. The molecule has 1 atom stereocenters. The highest BCUT2D eigenvalue weighted by atomic mass is 79.9. The Hall–Kier alpha value is -2.34. The quantitative estimate of drug-likeness (QED) is 0.511. The van der Waals surface area contributed by atoms with Crippen LogP contribution in [-0.2, 0) is 16.1 Å². The highest BCUT2D eigenvalue weighted by Crippen LogP contribution is 2.29. The third-order valence-electron chi connectivity index (χ3n) is 5.11. The van der Waals surface area contributed by atoms with Gasteiger partial charge >= 0.3 is 0 Å². The molecule has 0 spiro atoms. The molecular formula is C26H35BrN2O3. The van der Waals surface area contributed by atoms with Gasteiger partial charge in [0.2, 0.25) is 5.91 Å². The molecule has 0 saturated carbocycles. The van der Waals surface area contributed by atoms with E-state index < -0.39 is 6.04 Å². The number of carbonyl (C=O) groups excluding carboxylic acids is 2. The van der Waals surface area contributed by atoms with Crippen LogP contribution in [0.4, 0.5) is 0 Å². The minimum Gasteiger partial charge on any atom is -0.483 e. The van der Waals surface area contributed by atoms with E-state index >= 15 is 0 Å². The van der Waals surface area contributed by atoms with Crippen molar-refractivity contribution in [3.05, 3.63) is 63.6 Å². The topological polar surface area (TPSA) is 58.6 Å². The van der Waals surface area contributed by atoms with Gasteiger partial charge in [-0.3, -0.25) is 9.59 Å². The maximum atomic E-state index is 13.2. The number of amides is 2. The van der Waals surface area contributed by atoms with Crippen LogP contribution >= 0.6 is 15.9 Å². The normalized spacial score (nSPS) is 12.4. The van der Waals surface area contributed by atoms with E-state index in [9.17, 15) is 9.59 Å². The van der Waals surface area contributed by atoms with Crippen molar-refractivity contribution in [1.29, 1.82) is 0 Å². The lowest BCUT2D eigenvalue weighted by Gasteiger charge is -2.31. The molecule has 0 aliphatic heterocycles. The van der Waals surface area contributed by atoms with Crippen molar-refractivity contribution in [2.24, 2.45) is 0 Å². The molecule has 0 unspecified atom stereocenters. The van der Waals surface area contributed by atoms with Gasteiger partial charge in [-0.25, -0.2) is 0 Å². The first-order valence-electron chi connectivity index (χ1n) is 11.0. The van der Waals surface area contributed by atoms with E-state index in [1.165, 1.54) is 5.56 Å². The van der Waals surface area contributed by atoms with Crippen LogP contribution in [0.5, 0.6) is 5.75 Å². The van der Waals surface area contributed by atoms with Crippen molar-refractivity contribution in [3.63, 3.8) is 0 Å². The summed E-state index contributed by atoms with van der Waals surface area (Å²) in [7, 11) is 0. The Balaban J connectivity index is 2.19. The van der Waals surface area contributed by atoms with E-state index in [0.717, 1.165) is 15.6 Å². The SMILES string of the molecule is Cc1ccc(CN(C(=O)COc2ccc(C(C)C)cc2Br)[C@@H](C)C(=O)NC(C)(C)C)cc1. The van der Waals surface area contributed by atoms with Gasteiger partial charge in [0, 0.05) is 12.1 Å². The Bertz CT molecular complexity index is 933. The van der Waals surface area contributed by atoms with Crippen LogP contribution in [-0.4, -0.2) is 34.9 Å². The lowest BCUT2D eigenvalue weighted by molar-refractivity contribution is -0.142. The van der Waals surface area contributed by atoms with E-state index in [4.69, 9.17) is 4.74 Å². The zero-order chi connectivity index (χ0) is 24.1. The molecule has 0 saturated heterocycles. The zero-order valence-electron chi connectivity index (χ0n) is 20.2. The number of benzene rings is 2. The first-order chi connectivity index (χ1) is 14.9. The summed E-state index contributed by atoms with van der Waals surface area (Å²) in [6, 6.07) is 13.2. The number of rotatable bonds is 8. The maximum Gasteiger partial charge on any atom is 0.261 e. The van der Waals surface area contributed by atoms with Crippen LogP contribution < -0.4 is 10.1 Å². The molecule has 5 nitrogen and oxygen atoms in total. The lowest BCUT2D eigenvalue weighted by atomic mass is 10.0. The van der Waals surface area contributed by atoms with Crippen molar-refractivity contribution in [2.75, 3.05) is 6.61 Å². The molecule has 0 aromatic heterocycles. The van der Waals surface area contributed by atoms with Crippen LogP contribution in [0, 0.1) is 6.92 Å². The van der Waals surface area contributed by atoms with Gasteiger partial charge in [-0.05, 0) is 79.7 Å². The lowest BCUT2D eigenvalue weighted by Crippen LogP contribution is -2.53. The highest BCUT2D eigenvalue weighted by molar-refractivity contribution is 9.10. The summed E-state index contributed by atoms with van der Waals surface area (Å²) < 4.78 is 6.64. The predicted molar refractivity (Wildman–Crippen MR) is 133 cm³/mol. The van der Waals surface area contributed by atoms with Crippen molar-refractivity contribution >= 4 is 27.7 Å². The number of hydrogen-bond donors (Lipinski definition) is 1. The van der Waals surface area contributed by atoms with Gasteiger partial charge in [-0.15, -0.1) is 0 Å². The predicted octanol–water partition coefficient (Wildman–Crippen LogP) is 5.59. The minimum absolute atomic E-state index is 0.154. The van der Waals surface area contributed by atoms with Crippen molar-refractivity contribution < 1.29 is 14.3 Å². The first kappa shape index (κ1) is 25.9. The Labute approximate surface area is 200 Å². The van der Waals surface area contributed by atoms with E-state index in [1.54, 1.807) is 11.8 Å². The van der Waals surface area contributed by atoms with E-state index in [1.807, 2.05) is 70.2 Å². The molecule has 0 aliphatic rings. The minimum atomic E-state index is -0.640. The van der Waals surface area contributed by atoms with Crippen molar-refractivity contribution in [1.82, 2.24) is 10.2 Å². The standard InChI is InChI=1S/C26H35BrN2O3/c1-17(2)21-12-13-23(22(27)14-21)32-16-24(30)29(15-20-10-8-18(3)9-11-20)19(4)25(31)28-26(5,6)7/h8-14,17,19H,15-16H2,1-7H3,(H,28,31)/t19-/m0/s1. The van der Waals surface area contributed by atoms with Crippen LogP contribution in [0.3, 0.4) is 0 Å². The van der Waals surface area contributed by atoms with E-state index in [0.29, 0.717) is 18.2 Å². The fourth-order valence-corrected chi connectivity index (χ4v) is 3.67. The number of halogens is 1. The molecule has 2 amide bonds. The molecular weight excluding hydrogens is 468 g/mol. The third kappa shape index (κ3) is 7.66. The second-order valence-electron chi connectivity index (χ2n) is 9.56. The van der Waals surface area contributed by atoms with Gasteiger partial charge in [0.1, 0.15) is 11.8 Å². The molecule has 0 heterocycles. The van der Waals surface area contributed by atoms with Gasteiger partial charge in [-0.1, -0.05) is 49.7 Å². The fourth-order valence-electron chi connectivity index (χ4n) is 3.16. The molecule has 174 valence electrons. The third-order valence-corrected chi connectivity index (χ3v) is 5.73. The summed E-state index contributed by atoms with van der Waals surface area (Å²) in [6.07, 6.45) is 0. The van der Waals surface area contributed by atoms with Gasteiger partial charge in [0.25, 0.3) is 5.91 Å². The fraction of sp³-hybridized carbons (Fsp3) is 0.462. The smallest absolute Gasteiger partial charge is 0.261 e. The molecule has 1 N–H and O–H groups in total. The van der Waals surface area contributed by atoms with Crippen molar-refractivity contribution in [2.45, 2.75) is 72.5 Å². The average molecular weight is 503 g/mol. The Morgan fingerprint density at radius 2 is 1.69 bits per heavy atom. The molecule has 0 bridgehead atoms. The summed E-state index contributed by atoms with van der Waals surface area (Å²) in [5, 5.41) is 2.97. The van der Waals surface area contributed by atoms with Crippen LogP contribution in [0.25, 0.3) is 0 Å². The molecule has 2 aromatic carbocycles. The van der Waals surface area contributed by atoms with E-state index in [2.05, 4.69) is 35.1 Å². The number of hydrogen-bond acceptors (Lipinski definition) is 3. The molecule has 6 heteroatoms. The largest absolute Gasteiger partial charge is 0.483 e. The number of nitrogens with zero attached hydrogens (tertiary/aromatic N) is 1. The number of carbonyl (C=O) groups is 2. The Morgan fingerprint density at radius 1 is 1.06 bits per heavy atom. The van der Waals surface area contributed by atoms with Crippen LogP contribution in [0.15, 0.2) is 46.9 Å². The summed E-state index contributed by atoms with van der Waals surface area (Å²) in [4.78, 5) is 27.6. The average Bonchev–Trinajstić information content (AvgIpc) is 2.70. The number of nitrogens with one attached hydrogen (secondary N) is 1. The van der Waals surface area contributed by atoms with Gasteiger partial charge in [0.15, 0.2) is 6.61 Å². The monoisotopic (exact) mass is 502 g/mol. The molecule has 2 rings (SSSR count). The van der Waals surface area contributed by atoms with Gasteiger partial charge in [-0.2, -0.15) is 0 Å². The number of ether oxygens (including phenoxy) is 1. The second-order valence-corrected chi connectivity index (χ2v) is 10.4. The van der Waals surface area contributed by atoms with Crippen LogP contribution in [0.2, 0.25) is 0 Å². The first-order valence-corrected chi connectivity index (χ1v) is 11.8. The Kier molecular flexibility index (Phi) is 8.90. The summed E-state index contributed by atoms with van der Waals surface area (Å²) in [5.74, 6) is 0.557. The molecule has 0 fully saturated rings. The van der Waals surface area contributed by atoms with E-state index in [-0.39, 0.29) is 24.0 Å². The van der Waals surface area contributed by atoms with Crippen molar-refractivity contribution in [3.8, 4) is 5.75 Å². The molecule has 0 aliphatic carbocycles. The van der Waals surface area contributed by atoms with Gasteiger partial charge in [0.05, 0.1) is 4.47 Å². The number of aryl methyl sites for hydroxylation is 1. The Morgan fingerprint density at radius 3 is 2.22 bits per heavy atom. The zero-order valence-corrected chi connectivity index (χ0v) is 21.7. The molecule has 0 radical (unpaired) electrons. The second kappa shape index (κ2) is 11.0. The molecule has 2 aromatic rings. The molecule has 32 heavy (non-hydrogen) atoms.